The van der Waals surface area contributed by atoms with Crippen molar-refractivity contribution in [2.45, 2.75) is 46.1 Å². The minimum atomic E-state index is -0.440. The number of benzene rings is 2. The molecule has 3 N–H and O–H groups in total. The van der Waals surface area contributed by atoms with Crippen molar-refractivity contribution in [3.05, 3.63) is 52.1 Å². The Morgan fingerprint density at radius 3 is 2.45 bits per heavy atom. The van der Waals surface area contributed by atoms with Crippen LogP contribution in [0.15, 0.2) is 24.3 Å². The van der Waals surface area contributed by atoms with Gasteiger partial charge in [-0.3, -0.25) is 15.0 Å². The third-order valence-corrected chi connectivity index (χ3v) is 6.57. The molecule has 1 aliphatic rings. The number of hydrogen-bond acceptors (Lipinski definition) is 8. The normalized spacial score (nSPS) is 12.8. The highest BCUT2D eigenvalue weighted by Crippen LogP contribution is 2.39. The Morgan fingerprint density at radius 1 is 1.05 bits per heavy atom. The van der Waals surface area contributed by atoms with Crippen LogP contribution in [0.4, 0.5) is 0 Å². The molecule has 0 bridgehead atoms. The summed E-state index contributed by atoms with van der Waals surface area (Å²) in [7, 11) is 3.16. The van der Waals surface area contributed by atoms with Crippen molar-refractivity contribution < 1.29 is 33.6 Å². The van der Waals surface area contributed by atoms with Crippen molar-refractivity contribution >= 4 is 17.5 Å². The molecule has 0 aromatic heterocycles. The number of phenols is 1. The first-order chi connectivity index (χ1) is 19.0. The molecule has 0 fully saturated rings. The molecule has 0 saturated carbocycles. The van der Waals surface area contributed by atoms with Crippen LogP contribution in [0.3, 0.4) is 0 Å². The van der Waals surface area contributed by atoms with E-state index in [0.717, 1.165) is 5.56 Å². The van der Waals surface area contributed by atoms with Crippen LogP contribution in [0, 0.1) is 5.41 Å². The van der Waals surface area contributed by atoms with Gasteiger partial charge in [-0.05, 0) is 42.2 Å². The summed E-state index contributed by atoms with van der Waals surface area (Å²) in [6, 6.07) is 6.67. The van der Waals surface area contributed by atoms with Crippen molar-refractivity contribution in [3.8, 4) is 17.2 Å². The van der Waals surface area contributed by atoms with Crippen molar-refractivity contribution in [1.82, 2.24) is 10.2 Å². The molecule has 0 unspecified atom stereocenters. The maximum absolute atomic E-state index is 13.5. The van der Waals surface area contributed by atoms with Gasteiger partial charge >= 0.3 is 0 Å². The van der Waals surface area contributed by atoms with Crippen molar-refractivity contribution in [1.29, 1.82) is 5.41 Å². The van der Waals surface area contributed by atoms with Crippen LogP contribution in [0.1, 0.15) is 71.5 Å². The largest absolute Gasteiger partial charge is 0.504 e. The zero-order valence-electron chi connectivity index (χ0n) is 24.3. The summed E-state index contributed by atoms with van der Waals surface area (Å²) in [5.74, 6) is 0.339. The monoisotopic (exact) mass is 555 g/mol. The number of methoxy groups -OCH3 is 1. The highest BCUT2D eigenvalue weighted by Gasteiger charge is 2.30. The molecule has 10 nitrogen and oxygen atoms in total. The minimum absolute atomic E-state index is 0.0101. The number of amidine groups is 1. The minimum Gasteiger partial charge on any atom is -0.504 e. The maximum atomic E-state index is 13.5. The second kappa shape index (κ2) is 13.6. The number of nitrogens with zero attached hydrogens (tertiary/aromatic N) is 1. The maximum Gasteiger partial charge on any atom is 0.254 e. The predicted octanol–water partition coefficient (Wildman–Crippen LogP) is 3.90. The molecule has 40 heavy (non-hydrogen) atoms. The molecule has 0 saturated heterocycles. The van der Waals surface area contributed by atoms with Crippen molar-refractivity contribution in [3.63, 3.8) is 0 Å². The van der Waals surface area contributed by atoms with E-state index >= 15 is 0 Å². The summed E-state index contributed by atoms with van der Waals surface area (Å²) < 4.78 is 22.0. The lowest BCUT2D eigenvalue weighted by Crippen LogP contribution is -2.30. The molecule has 0 spiro atoms. The third-order valence-electron chi connectivity index (χ3n) is 6.57. The van der Waals surface area contributed by atoms with Gasteiger partial charge in [-0.2, -0.15) is 0 Å². The summed E-state index contributed by atoms with van der Waals surface area (Å²) in [5, 5.41) is 22.3. The summed E-state index contributed by atoms with van der Waals surface area (Å²) in [6.45, 7) is 10.2. The third kappa shape index (κ3) is 7.31. The van der Waals surface area contributed by atoms with Gasteiger partial charge in [0.15, 0.2) is 17.3 Å². The van der Waals surface area contributed by atoms with E-state index in [1.165, 1.54) is 0 Å². The molecule has 2 aromatic carbocycles. The van der Waals surface area contributed by atoms with E-state index in [1.54, 1.807) is 43.3 Å². The Labute approximate surface area is 236 Å². The number of carbonyl (C=O) groups is 2. The van der Waals surface area contributed by atoms with Gasteiger partial charge in [0.05, 0.1) is 38.5 Å². The van der Waals surface area contributed by atoms with E-state index in [1.807, 2.05) is 27.7 Å². The van der Waals surface area contributed by atoms with Crippen molar-refractivity contribution in [2.75, 3.05) is 53.7 Å². The molecule has 10 heteroatoms. The van der Waals surface area contributed by atoms with Crippen LogP contribution in [0.5, 0.6) is 17.2 Å². The quantitative estimate of drug-likeness (QED) is 0.236. The van der Waals surface area contributed by atoms with Gasteiger partial charge in [0.1, 0.15) is 11.6 Å². The van der Waals surface area contributed by atoms with Crippen LogP contribution in [-0.2, 0) is 21.4 Å². The molecule has 1 heterocycles. The molecule has 218 valence electrons. The summed E-state index contributed by atoms with van der Waals surface area (Å²) in [4.78, 5) is 27.6. The topological polar surface area (TPSA) is 130 Å². The number of carbonyl (C=O) groups excluding carboxylic acids is 2. The standard InChI is InChI=1S/C30H41N3O7/c1-7-39-25-15-20-17-33(28(31)21(20)16-22(25)29(36)32-5)18-24(34)19-13-23(30(2,3)4)27(35)26(14-19)40-10-8-9-38-12-11-37-6/h13-16,31,35H,7-12,17-18H2,1-6H3,(H,32,36). The number of Topliss-reactive ketones (excluding diaryl/α,β-unsaturated/α-hetero) is 1. The van der Waals surface area contributed by atoms with Gasteiger partial charge < -0.3 is 34.3 Å². The average molecular weight is 556 g/mol. The van der Waals surface area contributed by atoms with Gasteiger partial charge in [-0.25, -0.2) is 0 Å². The molecular formula is C30H41N3O7. The highest BCUT2D eigenvalue weighted by atomic mass is 16.5. The lowest BCUT2D eigenvalue weighted by Gasteiger charge is -2.24. The second-order valence-electron chi connectivity index (χ2n) is 10.6. The van der Waals surface area contributed by atoms with Crippen LogP contribution < -0.4 is 14.8 Å². The summed E-state index contributed by atoms with van der Waals surface area (Å²) in [6.07, 6.45) is 0.608. The fraction of sp³-hybridized carbons (Fsp3) is 0.500. The first-order valence-electron chi connectivity index (χ1n) is 13.5. The molecule has 0 aliphatic carbocycles. The van der Waals surface area contributed by atoms with Gasteiger partial charge in [-0.15, -0.1) is 0 Å². The lowest BCUT2D eigenvalue weighted by molar-refractivity contribution is 0.0642. The van der Waals surface area contributed by atoms with E-state index in [4.69, 9.17) is 24.4 Å². The fourth-order valence-corrected chi connectivity index (χ4v) is 4.45. The van der Waals surface area contributed by atoms with Crippen LogP contribution in [-0.4, -0.2) is 81.3 Å². The lowest BCUT2D eigenvalue weighted by atomic mass is 9.84. The molecule has 0 atom stereocenters. The Bertz CT molecular complexity index is 1240. The Hall–Kier alpha value is -3.63. The number of hydrogen-bond donors (Lipinski definition) is 3. The molecule has 2 aromatic rings. The van der Waals surface area contributed by atoms with Gasteiger partial charge in [0.2, 0.25) is 0 Å². The summed E-state index contributed by atoms with van der Waals surface area (Å²) in [5.41, 5.74) is 2.30. The average Bonchev–Trinajstić information content (AvgIpc) is 3.21. The van der Waals surface area contributed by atoms with E-state index in [-0.39, 0.29) is 35.6 Å². The van der Waals surface area contributed by atoms with E-state index in [9.17, 15) is 14.7 Å². The first kappa shape index (κ1) is 30.9. The van der Waals surface area contributed by atoms with E-state index < -0.39 is 5.41 Å². The fourth-order valence-electron chi connectivity index (χ4n) is 4.45. The van der Waals surface area contributed by atoms with E-state index in [2.05, 4.69) is 5.32 Å². The number of ether oxygens (including phenoxy) is 4. The number of phenolic OH excluding ortho intramolecular Hbond substituents is 1. The molecule has 3 rings (SSSR count). The molecule has 1 amide bonds. The number of nitrogens with one attached hydrogen (secondary N) is 2. The zero-order valence-corrected chi connectivity index (χ0v) is 24.3. The van der Waals surface area contributed by atoms with Crippen molar-refractivity contribution in [2.24, 2.45) is 0 Å². The number of aromatic hydroxyl groups is 1. The van der Waals surface area contributed by atoms with Gasteiger partial charge in [0, 0.05) is 50.4 Å². The predicted molar refractivity (Wildman–Crippen MR) is 152 cm³/mol. The Morgan fingerprint density at radius 2 is 1.80 bits per heavy atom. The number of fused-ring (bicyclic) bond motifs is 1. The number of amides is 1. The smallest absolute Gasteiger partial charge is 0.254 e. The van der Waals surface area contributed by atoms with Gasteiger partial charge in [-0.1, -0.05) is 20.8 Å². The van der Waals surface area contributed by atoms with Crippen LogP contribution in [0.25, 0.3) is 0 Å². The highest BCUT2D eigenvalue weighted by molar-refractivity contribution is 6.07. The SMILES string of the molecule is CCOc1cc2c(cc1C(=O)NC)C(=N)N(CC(=O)c1cc(OCCCOCCOC)c(O)c(C(C)(C)C)c1)C2. The Balaban J connectivity index is 1.79. The number of rotatable bonds is 14. The Kier molecular flexibility index (Phi) is 10.5. The molecular weight excluding hydrogens is 514 g/mol. The van der Waals surface area contributed by atoms with Crippen LogP contribution in [0.2, 0.25) is 0 Å². The van der Waals surface area contributed by atoms with E-state index in [0.29, 0.717) is 74.0 Å². The summed E-state index contributed by atoms with van der Waals surface area (Å²) >= 11 is 0. The zero-order chi connectivity index (χ0) is 29.4. The number of ketones is 1. The first-order valence-corrected chi connectivity index (χ1v) is 13.5. The molecule has 0 radical (unpaired) electrons. The van der Waals surface area contributed by atoms with Gasteiger partial charge in [0.25, 0.3) is 5.91 Å². The van der Waals surface area contributed by atoms with Crippen LogP contribution >= 0.6 is 0 Å². The second-order valence-corrected chi connectivity index (χ2v) is 10.6. The molecule has 1 aliphatic heterocycles.